The van der Waals surface area contributed by atoms with E-state index in [0.717, 1.165) is 6.26 Å². The third kappa shape index (κ3) is 4.54. The number of hydrogen-bond acceptors (Lipinski definition) is 3. The molecule has 0 bridgehead atoms. The molecule has 0 aromatic heterocycles. The van der Waals surface area contributed by atoms with Crippen molar-refractivity contribution in [1.29, 1.82) is 0 Å². The van der Waals surface area contributed by atoms with E-state index in [4.69, 9.17) is 0 Å². The smallest absolute Gasteiger partial charge is 0.147 e. The van der Waals surface area contributed by atoms with Crippen molar-refractivity contribution in [3.63, 3.8) is 0 Å². The lowest BCUT2D eigenvalue weighted by Gasteiger charge is -2.18. The second-order valence-electron chi connectivity index (χ2n) is 4.71. The molecule has 0 aliphatic heterocycles. The Labute approximate surface area is 112 Å². The highest BCUT2D eigenvalue weighted by atomic mass is 32.2. The molecule has 0 heterocycles. The van der Waals surface area contributed by atoms with Crippen molar-refractivity contribution in [2.45, 2.75) is 25.8 Å². The second-order valence-corrected chi connectivity index (χ2v) is 6.97. The molecule has 1 aromatic rings. The minimum absolute atomic E-state index is 0.0141. The summed E-state index contributed by atoms with van der Waals surface area (Å²) in [5.41, 5.74) is 0.357. The summed E-state index contributed by atoms with van der Waals surface area (Å²) in [6.45, 7) is 1.57. The topological polar surface area (TPSA) is 46.2 Å². The summed E-state index contributed by atoms with van der Waals surface area (Å²) >= 11 is 0. The van der Waals surface area contributed by atoms with E-state index in [1.54, 1.807) is 14.0 Å². The summed E-state index contributed by atoms with van der Waals surface area (Å²) in [6.07, 6.45) is 1.87. The van der Waals surface area contributed by atoms with Crippen LogP contribution in [-0.2, 0) is 9.84 Å². The number of rotatable bonds is 6. The van der Waals surface area contributed by atoms with Crippen molar-refractivity contribution in [2.24, 2.45) is 0 Å². The first-order chi connectivity index (χ1) is 8.76. The fourth-order valence-corrected chi connectivity index (χ4v) is 2.67. The van der Waals surface area contributed by atoms with Gasteiger partial charge < -0.3 is 5.32 Å². The highest BCUT2D eigenvalue weighted by molar-refractivity contribution is 7.90. The van der Waals surface area contributed by atoms with Crippen LogP contribution in [0, 0.1) is 18.6 Å². The molecule has 0 amide bonds. The lowest BCUT2D eigenvalue weighted by molar-refractivity contribution is 0.465. The van der Waals surface area contributed by atoms with Gasteiger partial charge in [-0.2, -0.15) is 0 Å². The predicted octanol–water partition coefficient (Wildman–Crippen LogP) is 2.36. The zero-order valence-electron chi connectivity index (χ0n) is 11.3. The SMILES string of the molecule is CNC(CCCS(C)(=O)=O)c1c(F)ccc(C)c1F. The average molecular weight is 291 g/mol. The fourth-order valence-electron chi connectivity index (χ4n) is 1.98. The molecule has 0 saturated carbocycles. The van der Waals surface area contributed by atoms with Gasteiger partial charge in [-0.05, 0) is 38.4 Å². The molecule has 1 rings (SSSR count). The highest BCUT2D eigenvalue weighted by Gasteiger charge is 2.20. The second kappa shape index (κ2) is 6.43. The van der Waals surface area contributed by atoms with Crippen LogP contribution in [0.4, 0.5) is 8.78 Å². The Morgan fingerprint density at radius 1 is 1.32 bits per heavy atom. The Balaban J connectivity index is 2.89. The van der Waals surface area contributed by atoms with Gasteiger partial charge in [-0.15, -0.1) is 0 Å². The summed E-state index contributed by atoms with van der Waals surface area (Å²) in [6, 6.07) is 2.09. The van der Waals surface area contributed by atoms with Crippen molar-refractivity contribution in [1.82, 2.24) is 5.32 Å². The van der Waals surface area contributed by atoms with Crippen LogP contribution in [0.1, 0.15) is 30.0 Å². The van der Waals surface area contributed by atoms with Gasteiger partial charge in [-0.25, -0.2) is 17.2 Å². The maximum Gasteiger partial charge on any atom is 0.147 e. The number of aryl methyl sites for hydroxylation is 1. The van der Waals surface area contributed by atoms with Crippen LogP contribution in [0.5, 0.6) is 0 Å². The third-order valence-electron chi connectivity index (χ3n) is 3.02. The Bertz CT molecular complexity index is 544. The quantitative estimate of drug-likeness (QED) is 0.875. The lowest BCUT2D eigenvalue weighted by atomic mass is 9.99. The molecule has 6 heteroatoms. The Morgan fingerprint density at radius 2 is 1.95 bits per heavy atom. The molecule has 0 radical (unpaired) electrons. The van der Waals surface area contributed by atoms with E-state index in [1.807, 2.05) is 0 Å². The minimum Gasteiger partial charge on any atom is -0.313 e. The number of nitrogens with one attached hydrogen (secondary N) is 1. The van der Waals surface area contributed by atoms with E-state index in [1.165, 1.54) is 12.1 Å². The van der Waals surface area contributed by atoms with Crippen LogP contribution in [0.2, 0.25) is 0 Å². The molecule has 19 heavy (non-hydrogen) atoms. The van der Waals surface area contributed by atoms with E-state index < -0.39 is 27.5 Å². The molecule has 0 fully saturated rings. The first kappa shape index (κ1) is 16.0. The summed E-state index contributed by atoms with van der Waals surface area (Å²) in [7, 11) is -1.45. The van der Waals surface area contributed by atoms with Gasteiger partial charge in [0.2, 0.25) is 0 Å². The van der Waals surface area contributed by atoms with E-state index >= 15 is 0 Å². The molecular weight excluding hydrogens is 272 g/mol. The van der Waals surface area contributed by atoms with Crippen LogP contribution >= 0.6 is 0 Å². The van der Waals surface area contributed by atoms with Crippen LogP contribution in [0.3, 0.4) is 0 Å². The van der Waals surface area contributed by atoms with Crippen molar-refractivity contribution < 1.29 is 17.2 Å². The molecule has 1 aromatic carbocycles. The van der Waals surface area contributed by atoms with Crippen LogP contribution in [0.25, 0.3) is 0 Å². The first-order valence-electron chi connectivity index (χ1n) is 6.05. The molecule has 0 spiro atoms. The minimum atomic E-state index is -3.05. The van der Waals surface area contributed by atoms with E-state index in [-0.39, 0.29) is 11.3 Å². The standard InChI is InChI=1S/C13H19F2NO2S/c1-9-6-7-10(14)12(13(9)15)11(16-2)5-4-8-19(3,17)18/h6-7,11,16H,4-5,8H2,1-3H3. The van der Waals surface area contributed by atoms with Crippen molar-refractivity contribution in [3.05, 3.63) is 34.9 Å². The Morgan fingerprint density at radius 3 is 2.47 bits per heavy atom. The van der Waals surface area contributed by atoms with Gasteiger partial charge in [0.1, 0.15) is 21.5 Å². The van der Waals surface area contributed by atoms with E-state index in [0.29, 0.717) is 18.4 Å². The number of benzene rings is 1. The Kier molecular flexibility index (Phi) is 5.43. The van der Waals surface area contributed by atoms with Crippen LogP contribution in [-0.4, -0.2) is 27.5 Å². The van der Waals surface area contributed by atoms with Gasteiger partial charge in [0.05, 0.1) is 0 Å². The highest BCUT2D eigenvalue weighted by Crippen LogP contribution is 2.26. The van der Waals surface area contributed by atoms with Gasteiger partial charge in [-0.3, -0.25) is 0 Å². The third-order valence-corrected chi connectivity index (χ3v) is 4.05. The molecule has 1 atom stereocenters. The number of hydrogen-bond donors (Lipinski definition) is 1. The van der Waals surface area contributed by atoms with Crippen molar-refractivity contribution >= 4 is 9.84 Å². The average Bonchev–Trinajstić information content (AvgIpc) is 2.31. The monoisotopic (exact) mass is 291 g/mol. The van der Waals surface area contributed by atoms with E-state index in [9.17, 15) is 17.2 Å². The molecular formula is C13H19F2NO2S. The fraction of sp³-hybridized carbons (Fsp3) is 0.538. The van der Waals surface area contributed by atoms with Gasteiger partial charge in [-0.1, -0.05) is 6.07 Å². The molecule has 1 unspecified atom stereocenters. The summed E-state index contributed by atoms with van der Waals surface area (Å²) in [4.78, 5) is 0. The first-order valence-corrected chi connectivity index (χ1v) is 8.12. The molecule has 0 aliphatic rings. The summed E-state index contributed by atoms with van der Waals surface area (Å²) in [5.74, 6) is -1.17. The molecule has 1 N–H and O–H groups in total. The van der Waals surface area contributed by atoms with Gasteiger partial charge in [0.15, 0.2) is 0 Å². The van der Waals surface area contributed by atoms with Crippen LogP contribution < -0.4 is 5.32 Å². The zero-order valence-corrected chi connectivity index (χ0v) is 12.2. The van der Waals surface area contributed by atoms with E-state index in [2.05, 4.69) is 5.32 Å². The Hall–Kier alpha value is -1.01. The van der Waals surface area contributed by atoms with Crippen molar-refractivity contribution in [3.8, 4) is 0 Å². The lowest BCUT2D eigenvalue weighted by Crippen LogP contribution is -2.20. The van der Waals surface area contributed by atoms with Crippen molar-refractivity contribution in [2.75, 3.05) is 19.1 Å². The molecule has 0 aliphatic carbocycles. The predicted molar refractivity (Wildman–Crippen MR) is 71.8 cm³/mol. The van der Waals surface area contributed by atoms with Gasteiger partial charge in [0, 0.05) is 23.6 Å². The van der Waals surface area contributed by atoms with Gasteiger partial charge >= 0.3 is 0 Å². The summed E-state index contributed by atoms with van der Waals surface area (Å²) < 4.78 is 49.8. The number of halogens is 2. The van der Waals surface area contributed by atoms with Crippen LogP contribution in [0.15, 0.2) is 12.1 Å². The summed E-state index contributed by atoms with van der Waals surface area (Å²) in [5, 5.41) is 2.84. The number of sulfone groups is 1. The largest absolute Gasteiger partial charge is 0.313 e. The molecule has 0 saturated heterocycles. The maximum absolute atomic E-state index is 14.0. The maximum atomic E-state index is 14.0. The molecule has 3 nitrogen and oxygen atoms in total. The zero-order chi connectivity index (χ0) is 14.6. The molecule has 108 valence electrons. The van der Waals surface area contributed by atoms with Gasteiger partial charge in [0.25, 0.3) is 0 Å². The normalized spacial score (nSPS) is 13.5.